The SMILES string of the molecule is Cc1cc(C)c(C)c(OCC(=O)c2ccc(Cl)cc2Cl)c1. The Bertz CT molecular complexity index is 693. The predicted molar refractivity (Wildman–Crippen MR) is 86.9 cm³/mol. The summed E-state index contributed by atoms with van der Waals surface area (Å²) in [6.45, 7) is 5.94. The van der Waals surface area contributed by atoms with Gasteiger partial charge in [0.05, 0.1) is 5.02 Å². The molecule has 0 saturated heterocycles. The van der Waals surface area contributed by atoms with Crippen molar-refractivity contribution in [3.05, 3.63) is 62.6 Å². The fourth-order valence-electron chi connectivity index (χ4n) is 2.09. The van der Waals surface area contributed by atoms with Crippen molar-refractivity contribution in [2.75, 3.05) is 6.61 Å². The standard InChI is InChI=1S/C17H16Cl2O2/c1-10-6-11(2)12(3)17(7-10)21-9-16(20)14-5-4-13(18)8-15(14)19/h4-8H,9H2,1-3H3. The van der Waals surface area contributed by atoms with E-state index < -0.39 is 0 Å². The molecule has 0 aliphatic carbocycles. The second kappa shape index (κ2) is 6.50. The van der Waals surface area contributed by atoms with E-state index in [4.69, 9.17) is 27.9 Å². The van der Waals surface area contributed by atoms with E-state index in [1.165, 1.54) is 0 Å². The zero-order chi connectivity index (χ0) is 15.6. The van der Waals surface area contributed by atoms with E-state index in [9.17, 15) is 4.79 Å². The molecule has 2 aromatic rings. The first kappa shape index (κ1) is 15.9. The van der Waals surface area contributed by atoms with Gasteiger partial charge in [0.15, 0.2) is 6.61 Å². The normalized spacial score (nSPS) is 10.5. The Morgan fingerprint density at radius 2 is 1.81 bits per heavy atom. The number of Topliss-reactive ketones (excluding diaryl/α,β-unsaturated/α-hetero) is 1. The molecule has 0 atom stereocenters. The fraction of sp³-hybridized carbons (Fsp3) is 0.235. The molecule has 0 spiro atoms. The van der Waals surface area contributed by atoms with E-state index in [0.717, 1.165) is 22.4 Å². The maximum atomic E-state index is 12.2. The number of ketones is 1. The number of halogens is 2. The van der Waals surface area contributed by atoms with Crippen LogP contribution in [0.4, 0.5) is 0 Å². The monoisotopic (exact) mass is 322 g/mol. The molecule has 0 heterocycles. The number of aryl methyl sites for hydroxylation is 2. The zero-order valence-corrected chi connectivity index (χ0v) is 13.7. The van der Waals surface area contributed by atoms with Gasteiger partial charge in [0.1, 0.15) is 5.75 Å². The predicted octanol–water partition coefficient (Wildman–Crippen LogP) is 5.18. The van der Waals surface area contributed by atoms with Gasteiger partial charge in [0, 0.05) is 10.6 Å². The van der Waals surface area contributed by atoms with Gasteiger partial charge in [-0.1, -0.05) is 29.3 Å². The van der Waals surface area contributed by atoms with Crippen LogP contribution >= 0.6 is 23.2 Å². The van der Waals surface area contributed by atoms with E-state index in [-0.39, 0.29) is 12.4 Å². The van der Waals surface area contributed by atoms with Crippen molar-refractivity contribution in [2.24, 2.45) is 0 Å². The maximum Gasteiger partial charge on any atom is 0.201 e. The van der Waals surface area contributed by atoms with E-state index in [1.54, 1.807) is 18.2 Å². The van der Waals surface area contributed by atoms with Crippen LogP contribution in [0.5, 0.6) is 5.75 Å². The molecule has 0 aromatic heterocycles. The summed E-state index contributed by atoms with van der Waals surface area (Å²) in [5.74, 6) is 0.557. The summed E-state index contributed by atoms with van der Waals surface area (Å²) in [5, 5.41) is 0.843. The van der Waals surface area contributed by atoms with Crippen LogP contribution in [0.1, 0.15) is 27.0 Å². The van der Waals surface area contributed by atoms with Crippen molar-refractivity contribution in [3.63, 3.8) is 0 Å². The third kappa shape index (κ3) is 3.78. The van der Waals surface area contributed by atoms with Crippen molar-refractivity contribution in [1.29, 1.82) is 0 Å². The van der Waals surface area contributed by atoms with Crippen molar-refractivity contribution >= 4 is 29.0 Å². The number of benzene rings is 2. The summed E-state index contributed by atoms with van der Waals surface area (Å²) in [6.07, 6.45) is 0. The lowest BCUT2D eigenvalue weighted by atomic mass is 10.1. The average molecular weight is 323 g/mol. The van der Waals surface area contributed by atoms with Crippen molar-refractivity contribution in [3.8, 4) is 5.75 Å². The fourth-order valence-corrected chi connectivity index (χ4v) is 2.60. The third-order valence-corrected chi connectivity index (χ3v) is 3.90. The lowest BCUT2D eigenvalue weighted by molar-refractivity contribution is 0.0921. The summed E-state index contributed by atoms with van der Waals surface area (Å²) < 4.78 is 5.66. The quantitative estimate of drug-likeness (QED) is 0.725. The molecular formula is C17H16Cl2O2. The molecule has 0 unspecified atom stereocenters. The summed E-state index contributed by atoms with van der Waals surface area (Å²) in [4.78, 5) is 12.2. The highest BCUT2D eigenvalue weighted by molar-refractivity contribution is 6.36. The van der Waals surface area contributed by atoms with Gasteiger partial charge in [0.25, 0.3) is 0 Å². The second-order valence-corrected chi connectivity index (χ2v) is 5.88. The smallest absolute Gasteiger partial charge is 0.201 e. The van der Waals surface area contributed by atoms with Gasteiger partial charge < -0.3 is 4.74 Å². The van der Waals surface area contributed by atoms with Crippen molar-refractivity contribution in [2.45, 2.75) is 20.8 Å². The summed E-state index contributed by atoms with van der Waals surface area (Å²) >= 11 is 11.9. The summed E-state index contributed by atoms with van der Waals surface area (Å²) in [5.41, 5.74) is 3.70. The molecule has 0 N–H and O–H groups in total. The minimum atomic E-state index is -0.171. The van der Waals surface area contributed by atoms with Crippen LogP contribution in [0.2, 0.25) is 10.0 Å². The lowest BCUT2D eigenvalue weighted by Gasteiger charge is -2.12. The topological polar surface area (TPSA) is 26.3 Å². The Kier molecular flexibility index (Phi) is 4.92. The van der Waals surface area contributed by atoms with Gasteiger partial charge in [-0.25, -0.2) is 0 Å². The second-order valence-electron chi connectivity index (χ2n) is 5.04. The van der Waals surface area contributed by atoms with E-state index in [0.29, 0.717) is 15.6 Å². The van der Waals surface area contributed by atoms with Crippen LogP contribution < -0.4 is 4.74 Å². The molecule has 2 rings (SSSR count). The molecule has 4 heteroatoms. The van der Waals surface area contributed by atoms with E-state index >= 15 is 0 Å². The number of rotatable bonds is 4. The highest BCUT2D eigenvalue weighted by atomic mass is 35.5. The Balaban J connectivity index is 2.15. The van der Waals surface area contributed by atoms with Crippen LogP contribution in [0, 0.1) is 20.8 Å². The van der Waals surface area contributed by atoms with Crippen molar-refractivity contribution < 1.29 is 9.53 Å². The molecule has 110 valence electrons. The van der Waals surface area contributed by atoms with Gasteiger partial charge in [-0.05, 0) is 61.7 Å². The summed E-state index contributed by atoms with van der Waals surface area (Å²) in [6, 6.07) is 8.82. The molecule has 21 heavy (non-hydrogen) atoms. The highest BCUT2D eigenvalue weighted by Crippen LogP contribution is 2.25. The van der Waals surface area contributed by atoms with Crippen molar-refractivity contribution in [1.82, 2.24) is 0 Å². The van der Waals surface area contributed by atoms with Crippen LogP contribution in [-0.4, -0.2) is 12.4 Å². The molecule has 0 saturated carbocycles. The van der Waals surface area contributed by atoms with Gasteiger partial charge in [-0.2, -0.15) is 0 Å². The molecule has 0 bridgehead atoms. The highest BCUT2D eigenvalue weighted by Gasteiger charge is 2.13. The van der Waals surface area contributed by atoms with Crippen LogP contribution in [0.3, 0.4) is 0 Å². The Labute approximate surface area is 134 Å². The molecule has 2 aromatic carbocycles. The minimum absolute atomic E-state index is 0.0505. The van der Waals surface area contributed by atoms with E-state index in [2.05, 4.69) is 6.07 Å². The third-order valence-electron chi connectivity index (χ3n) is 3.35. The number of carbonyl (C=O) groups is 1. The van der Waals surface area contributed by atoms with Gasteiger partial charge in [0.2, 0.25) is 5.78 Å². The number of carbonyl (C=O) groups excluding carboxylic acids is 1. The molecule has 0 fully saturated rings. The Hall–Kier alpha value is -1.51. The van der Waals surface area contributed by atoms with E-state index in [1.807, 2.05) is 26.8 Å². The largest absolute Gasteiger partial charge is 0.485 e. The minimum Gasteiger partial charge on any atom is -0.485 e. The first-order chi connectivity index (χ1) is 9.88. The molecule has 0 aliphatic heterocycles. The first-order valence-corrected chi connectivity index (χ1v) is 7.33. The number of ether oxygens (including phenoxy) is 1. The Morgan fingerprint density at radius 3 is 2.48 bits per heavy atom. The molecule has 0 aliphatic rings. The first-order valence-electron chi connectivity index (χ1n) is 6.57. The van der Waals surface area contributed by atoms with Gasteiger partial charge in [-0.15, -0.1) is 0 Å². The summed E-state index contributed by atoms with van der Waals surface area (Å²) in [7, 11) is 0. The Morgan fingerprint density at radius 1 is 1.10 bits per heavy atom. The van der Waals surface area contributed by atoms with Crippen LogP contribution in [0.25, 0.3) is 0 Å². The zero-order valence-electron chi connectivity index (χ0n) is 12.2. The molecule has 0 radical (unpaired) electrons. The van der Waals surface area contributed by atoms with Gasteiger partial charge in [-0.3, -0.25) is 4.79 Å². The number of hydrogen-bond acceptors (Lipinski definition) is 2. The van der Waals surface area contributed by atoms with Crippen LogP contribution in [0.15, 0.2) is 30.3 Å². The maximum absolute atomic E-state index is 12.2. The molecule has 2 nitrogen and oxygen atoms in total. The van der Waals surface area contributed by atoms with Gasteiger partial charge >= 0.3 is 0 Å². The number of hydrogen-bond donors (Lipinski definition) is 0. The lowest BCUT2D eigenvalue weighted by Crippen LogP contribution is -2.13. The average Bonchev–Trinajstić information content (AvgIpc) is 2.40. The molecular weight excluding hydrogens is 307 g/mol. The molecule has 0 amide bonds. The van der Waals surface area contributed by atoms with Crippen LogP contribution in [-0.2, 0) is 0 Å².